The zero-order valence-electron chi connectivity index (χ0n) is 13.5. The summed E-state index contributed by atoms with van der Waals surface area (Å²) in [6, 6.07) is 9.58. The molecule has 4 heteroatoms. The molecule has 2 unspecified atom stereocenters. The Bertz CT molecular complexity index is 516. The fraction of sp³-hybridized carbons (Fsp3) is 0.556. The van der Waals surface area contributed by atoms with Crippen molar-refractivity contribution in [1.82, 2.24) is 0 Å². The maximum absolute atomic E-state index is 11.8. The lowest BCUT2D eigenvalue weighted by Gasteiger charge is -2.22. The Kier molecular flexibility index (Phi) is 5.22. The van der Waals surface area contributed by atoms with E-state index < -0.39 is 0 Å². The van der Waals surface area contributed by atoms with E-state index in [1.165, 1.54) is 0 Å². The van der Waals surface area contributed by atoms with Gasteiger partial charge in [0.05, 0.1) is 5.92 Å². The highest BCUT2D eigenvalue weighted by molar-refractivity contribution is 5.75. The first-order valence-corrected chi connectivity index (χ1v) is 7.76. The van der Waals surface area contributed by atoms with Crippen molar-refractivity contribution in [3.05, 3.63) is 35.9 Å². The molecule has 120 valence electrons. The average Bonchev–Trinajstić information content (AvgIpc) is 2.85. The van der Waals surface area contributed by atoms with E-state index in [2.05, 4.69) is 0 Å². The highest BCUT2D eigenvalue weighted by atomic mass is 16.6. The van der Waals surface area contributed by atoms with Crippen molar-refractivity contribution >= 4 is 11.9 Å². The van der Waals surface area contributed by atoms with E-state index in [4.69, 9.17) is 9.47 Å². The molecule has 0 bridgehead atoms. The van der Waals surface area contributed by atoms with Gasteiger partial charge in [-0.1, -0.05) is 51.1 Å². The van der Waals surface area contributed by atoms with Crippen LogP contribution in [0.1, 0.15) is 45.6 Å². The van der Waals surface area contributed by atoms with Crippen LogP contribution in [0.5, 0.6) is 0 Å². The summed E-state index contributed by atoms with van der Waals surface area (Å²) < 4.78 is 10.6. The van der Waals surface area contributed by atoms with Gasteiger partial charge in [0, 0.05) is 6.42 Å². The Morgan fingerprint density at radius 3 is 2.55 bits per heavy atom. The van der Waals surface area contributed by atoms with Crippen LogP contribution < -0.4 is 0 Å². The van der Waals surface area contributed by atoms with Crippen LogP contribution in [0.15, 0.2) is 30.3 Å². The second kappa shape index (κ2) is 6.95. The number of hydrogen-bond acceptors (Lipinski definition) is 4. The van der Waals surface area contributed by atoms with Crippen LogP contribution in [0.3, 0.4) is 0 Å². The molecule has 1 heterocycles. The van der Waals surface area contributed by atoms with Gasteiger partial charge in [-0.05, 0) is 23.8 Å². The molecule has 4 nitrogen and oxygen atoms in total. The molecular formula is C18H24O4. The summed E-state index contributed by atoms with van der Waals surface area (Å²) in [5, 5.41) is 0. The van der Waals surface area contributed by atoms with Gasteiger partial charge in [0.15, 0.2) is 0 Å². The Hall–Kier alpha value is -1.84. The molecule has 1 aliphatic rings. The first-order chi connectivity index (χ1) is 10.4. The fourth-order valence-corrected chi connectivity index (χ4v) is 2.63. The van der Waals surface area contributed by atoms with Crippen molar-refractivity contribution in [2.45, 2.75) is 52.7 Å². The highest BCUT2D eigenvalue weighted by Gasteiger charge is 2.41. The second-order valence-electron chi connectivity index (χ2n) is 6.90. The lowest BCUT2D eigenvalue weighted by molar-refractivity contribution is -0.150. The Labute approximate surface area is 131 Å². The van der Waals surface area contributed by atoms with Crippen LogP contribution in [-0.2, 0) is 25.7 Å². The Balaban J connectivity index is 1.72. The SMILES string of the molecule is CC(C)(C)C1CC(CCC(=O)OCc2ccccc2)OC1=O. The largest absolute Gasteiger partial charge is 0.462 e. The summed E-state index contributed by atoms with van der Waals surface area (Å²) in [5.74, 6) is -0.480. The first kappa shape index (κ1) is 16.5. The summed E-state index contributed by atoms with van der Waals surface area (Å²) in [5.41, 5.74) is 0.871. The number of ether oxygens (including phenoxy) is 2. The van der Waals surface area contributed by atoms with Gasteiger partial charge >= 0.3 is 11.9 Å². The molecule has 22 heavy (non-hydrogen) atoms. The van der Waals surface area contributed by atoms with Crippen LogP contribution in [0, 0.1) is 11.3 Å². The number of hydrogen-bond donors (Lipinski definition) is 0. The maximum atomic E-state index is 11.8. The predicted molar refractivity (Wildman–Crippen MR) is 82.9 cm³/mol. The molecule has 0 aromatic heterocycles. The van der Waals surface area contributed by atoms with Gasteiger partial charge in [-0.15, -0.1) is 0 Å². The summed E-state index contributed by atoms with van der Waals surface area (Å²) >= 11 is 0. The highest BCUT2D eigenvalue weighted by Crippen LogP contribution is 2.37. The zero-order chi connectivity index (χ0) is 16.2. The number of rotatable bonds is 5. The molecule has 1 aromatic rings. The summed E-state index contributed by atoms with van der Waals surface area (Å²) in [6.07, 6.45) is 1.34. The normalized spacial score (nSPS) is 21.5. The third-order valence-corrected chi connectivity index (χ3v) is 4.02. The molecule has 0 saturated carbocycles. The maximum Gasteiger partial charge on any atom is 0.309 e. The Morgan fingerprint density at radius 1 is 1.27 bits per heavy atom. The van der Waals surface area contributed by atoms with Crippen LogP contribution in [0.2, 0.25) is 0 Å². The van der Waals surface area contributed by atoms with Crippen LogP contribution in [-0.4, -0.2) is 18.0 Å². The molecule has 0 N–H and O–H groups in total. The van der Waals surface area contributed by atoms with E-state index in [-0.39, 0.29) is 42.4 Å². The molecule has 0 spiro atoms. The van der Waals surface area contributed by atoms with Crippen LogP contribution in [0.4, 0.5) is 0 Å². The van der Waals surface area contributed by atoms with Crippen molar-refractivity contribution in [3.8, 4) is 0 Å². The Morgan fingerprint density at radius 2 is 1.95 bits per heavy atom. The topological polar surface area (TPSA) is 52.6 Å². The van der Waals surface area contributed by atoms with Crippen molar-refractivity contribution in [2.24, 2.45) is 11.3 Å². The van der Waals surface area contributed by atoms with Gasteiger partial charge in [0.1, 0.15) is 12.7 Å². The van der Waals surface area contributed by atoms with Gasteiger partial charge in [-0.2, -0.15) is 0 Å². The molecular weight excluding hydrogens is 280 g/mol. The van der Waals surface area contributed by atoms with Crippen molar-refractivity contribution in [3.63, 3.8) is 0 Å². The minimum Gasteiger partial charge on any atom is -0.462 e. The van der Waals surface area contributed by atoms with Crippen LogP contribution >= 0.6 is 0 Å². The smallest absolute Gasteiger partial charge is 0.309 e. The predicted octanol–water partition coefficient (Wildman–Crippen LogP) is 3.49. The first-order valence-electron chi connectivity index (χ1n) is 7.76. The van der Waals surface area contributed by atoms with Gasteiger partial charge in [0.25, 0.3) is 0 Å². The zero-order valence-corrected chi connectivity index (χ0v) is 13.5. The molecule has 1 aromatic carbocycles. The van der Waals surface area contributed by atoms with Crippen molar-refractivity contribution in [2.75, 3.05) is 0 Å². The molecule has 0 aliphatic carbocycles. The molecule has 1 fully saturated rings. The molecule has 2 atom stereocenters. The molecule has 0 radical (unpaired) electrons. The van der Waals surface area contributed by atoms with E-state index in [0.29, 0.717) is 12.8 Å². The quantitative estimate of drug-likeness (QED) is 0.781. The van der Waals surface area contributed by atoms with E-state index >= 15 is 0 Å². The number of carbonyl (C=O) groups excluding carboxylic acids is 2. The summed E-state index contributed by atoms with van der Waals surface area (Å²) in [7, 11) is 0. The number of cyclic esters (lactones) is 1. The fourth-order valence-electron chi connectivity index (χ4n) is 2.63. The molecule has 2 rings (SSSR count). The van der Waals surface area contributed by atoms with E-state index in [1.54, 1.807) is 0 Å². The minimum absolute atomic E-state index is 0.0853. The van der Waals surface area contributed by atoms with E-state index in [9.17, 15) is 9.59 Å². The lowest BCUT2D eigenvalue weighted by atomic mass is 9.79. The summed E-state index contributed by atoms with van der Waals surface area (Å²) in [4.78, 5) is 23.6. The minimum atomic E-state index is -0.251. The number of benzene rings is 1. The van der Waals surface area contributed by atoms with Gasteiger partial charge < -0.3 is 9.47 Å². The van der Waals surface area contributed by atoms with Gasteiger partial charge in [0.2, 0.25) is 0 Å². The second-order valence-corrected chi connectivity index (χ2v) is 6.90. The molecule has 1 aliphatic heterocycles. The average molecular weight is 304 g/mol. The monoisotopic (exact) mass is 304 g/mol. The van der Waals surface area contributed by atoms with E-state index in [1.807, 2.05) is 51.1 Å². The molecule has 0 amide bonds. The van der Waals surface area contributed by atoms with Gasteiger partial charge in [-0.3, -0.25) is 9.59 Å². The van der Waals surface area contributed by atoms with Crippen molar-refractivity contribution < 1.29 is 19.1 Å². The van der Waals surface area contributed by atoms with Crippen LogP contribution in [0.25, 0.3) is 0 Å². The third kappa shape index (κ3) is 4.58. The van der Waals surface area contributed by atoms with E-state index in [0.717, 1.165) is 5.56 Å². The lowest BCUT2D eigenvalue weighted by Crippen LogP contribution is -2.24. The number of esters is 2. The van der Waals surface area contributed by atoms with Gasteiger partial charge in [-0.25, -0.2) is 0 Å². The number of carbonyl (C=O) groups is 2. The molecule has 1 saturated heterocycles. The standard InChI is InChI=1S/C18H24O4/c1-18(2,3)15-11-14(22-17(15)20)9-10-16(19)21-12-13-7-5-4-6-8-13/h4-8,14-15H,9-12H2,1-3H3. The van der Waals surface area contributed by atoms with Crippen molar-refractivity contribution in [1.29, 1.82) is 0 Å². The summed E-state index contributed by atoms with van der Waals surface area (Å²) in [6.45, 7) is 6.40. The third-order valence-electron chi connectivity index (χ3n) is 4.02.